The monoisotopic (exact) mass is 375 g/mol. The Morgan fingerprint density at radius 2 is 1.93 bits per heavy atom. The summed E-state index contributed by atoms with van der Waals surface area (Å²) in [6.45, 7) is 7.14. The van der Waals surface area contributed by atoms with Gasteiger partial charge in [-0.3, -0.25) is 4.99 Å². The lowest BCUT2D eigenvalue weighted by atomic mass is 10.1. The fraction of sp³-hybridized carbons (Fsp3) is 0.500. The van der Waals surface area contributed by atoms with Crippen molar-refractivity contribution >= 4 is 5.96 Å². The molecule has 2 N–H and O–H groups in total. The summed E-state index contributed by atoms with van der Waals surface area (Å²) in [6.07, 6.45) is 1.67. The molecule has 2 rings (SSSR count). The van der Waals surface area contributed by atoms with Crippen LogP contribution in [0.4, 0.5) is 4.39 Å². The number of likely N-dealkylation sites (N-methyl/N-ethyl adjacent to an activating group) is 1. The Kier molecular flexibility index (Phi) is 8.26. The van der Waals surface area contributed by atoms with Gasteiger partial charge < -0.3 is 20.1 Å². The first-order valence-electron chi connectivity index (χ1n) is 9.41. The van der Waals surface area contributed by atoms with Crippen LogP contribution >= 0.6 is 0 Å². The van der Waals surface area contributed by atoms with Gasteiger partial charge in [-0.1, -0.05) is 31.1 Å². The molecule has 6 nitrogen and oxygen atoms in total. The quantitative estimate of drug-likeness (QED) is 0.521. The predicted molar refractivity (Wildman–Crippen MR) is 106 cm³/mol. The summed E-state index contributed by atoms with van der Waals surface area (Å²) in [5, 5.41) is 10.8. The van der Waals surface area contributed by atoms with E-state index in [-0.39, 0.29) is 5.82 Å². The largest absolute Gasteiger partial charge is 0.361 e. The zero-order valence-corrected chi connectivity index (χ0v) is 16.7. The minimum Gasteiger partial charge on any atom is -0.361 e. The fourth-order valence-electron chi connectivity index (χ4n) is 2.88. The maximum absolute atomic E-state index is 13.0. The first kappa shape index (κ1) is 20.9. The molecule has 0 spiro atoms. The number of nitrogens with one attached hydrogen (secondary N) is 2. The maximum Gasteiger partial charge on any atom is 0.191 e. The highest BCUT2D eigenvalue weighted by molar-refractivity contribution is 5.79. The normalized spacial score (nSPS) is 11.9. The van der Waals surface area contributed by atoms with Gasteiger partial charge in [0.1, 0.15) is 11.6 Å². The van der Waals surface area contributed by atoms with E-state index in [1.807, 2.05) is 19.2 Å². The number of halogens is 1. The number of rotatable bonds is 9. The number of aromatic nitrogens is 1. The summed E-state index contributed by atoms with van der Waals surface area (Å²) < 4.78 is 18.4. The van der Waals surface area contributed by atoms with Crippen LogP contribution < -0.4 is 10.6 Å². The average Bonchev–Trinajstić information content (AvgIpc) is 3.08. The van der Waals surface area contributed by atoms with Gasteiger partial charge in [-0.05, 0) is 31.2 Å². The van der Waals surface area contributed by atoms with E-state index in [1.54, 1.807) is 7.05 Å². The van der Waals surface area contributed by atoms with E-state index in [1.165, 1.54) is 12.1 Å². The molecule has 0 fully saturated rings. The number of hydrogen-bond acceptors (Lipinski definition) is 4. The van der Waals surface area contributed by atoms with E-state index in [4.69, 9.17) is 4.52 Å². The highest BCUT2D eigenvalue weighted by Crippen LogP contribution is 2.15. The van der Waals surface area contributed by atoms with Crippen molar-refractivity contribution in [1.82, 2.24) is 20.7 Å². The lowest BCUT2D eigenvalue weighted by molar-refractivity contribution is 0.331. The summed E-state index contributed by atoms with van der Waals surface area (Å²) in [6, 6.07) is 6.62. The van der Waals surface area contributed by atoms with Gasteiger partial charge in [0, 0.05) is 45.2 Å². The Labute approximate surface area is 160 Å². The molecule has 1 aromatic carbocycles. The Hall–Kier alpha value is -2.41. The van der Waals surface area contributed by atoms with E-state index in [0.717, 1.165) is 61.0 Å². The van der Waals surface area contributed by atoms with Crippen molar-refractivity contribution < 1.29 is 8.91 Å². The fourth-order valence-corrected chi connectivity index (χ4v) is 2.88. The molecule has 0 saturated carbocycles. The molecule has 1 heterocycles. The maximum atomic E-state index is 13.0. The predicted octanol–water partition coefficient (Wildman–Crippen LogP) is 2.74. The number of aryl methyl sites for hydroxylation is 2. The van der Waals surface area contributed by atoms with Crippen LogP contribution in [0.15, 0.2) is 33.8 Å². The topological polar surface area (TPSA) is 65.7 Å². The Morgan fingerprint density at radius 1 is 1.19 bits per heavy atom. The van der Waals surface area contributed by atoms with Crippen molar-refractivity contribution in [3.63, 3.8) is 0 Å². The Bertz CT molecular complexity index is 705. The van der Waals surface area contributed by atoms with Gasteiger partial charge in [-0.2, -0.15) is 0 Å². The molecule has 0 atom stereocenters. The molecule has 0 radical (unpaired) electrons. The van der Waals surface area contributed by atoms with Gasteiger partial charge in [-0.25, -0.2) is 4.39 Å². The first-order valence-corrected chi connectivity index (χ1v) is 9.41. The SMILES string of the molecule is CCc1noc(CC)c1CNC(=NC)NCCN(C)Cc1ccc(F)cc1. The molecular weight excluding hydrogens is 345 g/mol. The molecule has 0 aliphatic heterocycles. The van der Waals surface area contributed by atoms with Crippen molar-refractivity contribution in [2.45, 2.75) is 39.8 Å². The molecule has 1 aromatic heterocycles. The van der Waals surface area contributed by atoms with Crippen molar-refractivity contribution in [3.05, 3.63) is 52.7 Å². The summed E-state index contributed by atoms with van der Waals surface area (Å²) in [5.41, 5.74) is 3.21. The molecule has 0 saturated heterocycles. The molecule has 0 bridgehead atoms. The third kappa shape index (κ3) is 6.36. The van der Waals surface area contributed by atoms with Crippen LogP contribution in [0.3, 0.4) is 0 Å². The number of hydrogen-bond donors (Lipinski definition) is 2. The van der Waals surface area contributed by atoms with E-state index in [9.17, 15) is 4.39 Å². The van der Waals surface area contributed by atoms with Gasteiger partial charge in [-0.15, -0.1) is 0 Å². The van der Waals surface area contributed by atoms with Crippen LogP contribution in [0.5, 0.6) is 0 Å². The summed E-state index contributed by atoms with van der Waals surface area (Å²) in [4.78, 5) is 6.45. The van der Waals surface area contributed by atoms with Crippen molar-refractivity contribution in [3.8, 4) is 0 Å². The Balaban J connectivity index is 1.77. The number of aliphatic imine (C=N–C) groups is 1. The third-order valence-electron chi connectivity index (χ3n) is 4.41. The average molecular weight is 375 g/mol. The van der Waals surface area contributed by atoms with Gasteiger partial charge in [0.25, 0.3) is 0 Å². The van der Waals surface area contributed by atoms with Gasteiger partial charge in [0.05, 0.1) is 5.69 Å². The highest BCUT2D eigenvalue weighted by atomic mass is 19.1. The van der Waals surface area contributed by atoms with E-state index < -0.39 is 0 Å². The minimum atomic E-state index is -0.205. The zero-order chi connectivity index (χ0) is 19.6. The lowest BCUT2D eigenvalue weighted by Crippen LogP contribution is -2.40. The zero-order valence-electron chi connectivity index (χ0n) is 16.7. The second kappa shape index (κ2) is 10.7. The second-order valence-electron chi connectivity index (χ2n) is 6.45. The van der Waals surface area contributed by atoms with Gasteiger partial charge in [0.2, 0.25) is 0 Å². The van der Waals surface area contributed by atoms with Crippen LogP contribution in [0.2, 0.25) is 0 Å². The van der Waals surface area contributed by atoms with Crippen molar-refractivity contribution in [2.24, 2.45) is 4.99 Å². The molecule has 0 aliphatic rings. The summed E-state index contributed by atoms with van der Waals surface area (Å²) in [7, 11) is 3.80. The highest BCUT2D eigenvalue weighted by Gasteiger charge is 2.13. The molecule has 0 amide bonds. The van der Waals surface area contributed by atoms with Gasteiger partial charge in [0.15, 0.2) is 5.96 Å². The van der Waals surface area contributed by atoms with Crippen LogP contribution in [0.1, 0.15) is 36.4 Å². The number of guanidine groups is 1. The van der Waals surface area contributed by atoms with Crippen LogP contribution in [0, 0.1) is 5.82 Å². The molecule has 2 aromatic rings. The summed E-state index contributed by atoms with van der Waals surface area (Å²) >= 11 is 0. The smallest absolute Gasteiger partial charge is 0.191 e. The molecule has 0 unspecified atom stereocenters. The van der Waals surface area contributed by atoms with Crippen molar-refractivity contribution in [2.75, 3.05) is 27.2 Å². The Morgan fingerprint density at radius 3 is 2.56 bits per heavy atom. The third-order valence-corrected chi connectivity index (χ3v) is 4.41. The van der Waals surface area contributed by atoms with E-state index in [0.29, 0.717) is 6.54 Å². The van der Waals surface area contributed by atoms with E-state index in [2.05, 4.69) is 39.5 Å². The molecular formula is C20H30FN5O. The molecule has 7 heteroatoms. The molecule has 0 aliphatic carbocycles. The standard InChI is InChI=1S/C20H30FN5O/c1-5-18-17(19(6-2)27-25-18)13-24-20(22-3)23-11-12-26(4)14-15-7-9-16(21)10-8-15/h7-10H,5-6,11-14H2,1-4H3,(H2,22,23,24). The molecule has 27 heavy (non-hydrogen) atoms. The van der Waals surface area contributed by atoms with Crippen LogP contribution in [-0.2, 0) is 25.9 Å². The van der Waals surface area contributed by atoms with Crippen LogP contribution in [0.25, 0.3) is 0 Å². The second-order valence-corrected chi connectivity index (χ2v) is 6.45. The van der Waals surface area contributed by atoms with Gasteiger partial charge >= 0.3 is 0 Å². The number of nitrogens with zero attached hydrogens (tertiary/aromatic N) is 3. The van der Waals surface area contributed by atoms with Crippen molar-refractivity contribution in [1.29, 1.82) is 0 Å². The van der Waals surface area contributed by atoms with E-state index >= 15 is 0 Å². The number of benzene rings is 1. The lowest BCUT2D eigenvalue weighted by Gasteiger charge is -2.18. The summed E-state index contributed by atoms with van der Waals surface area (Å²) in [5.74, 6) is 1.47. The van der Waals surface area contributed by atoms with Crippen LogP contribution in [-0.4, -0.2) is 43.2 Å². The first-order chi connectivity index (χ1) is 13.1. The minimum absolute atomic E-state index is 0.205. The molecule has 148 valence electrons.